The van der Waals surface area contributed by atoms with E-state index in [0.29, 0.717) is 5.75 Å². The molecule has 1 heteroatoms. The molecule has 1 N–H and O–H groups in total. The first-order valence-electron chi connectivity index (χ1n) is 4.93. The average molecular weight is 186 g/mol. The van der Waals surface area contributed by atoms with Crippen molar-refractivity contribution in [2.75, 3.05) is 0 Å². The molecule has 1 nitrogen and oxygen atoms in total. The highest BCUT2D eigenvalue weighted by molar-refractivity contribution is 5.89. The molecule has 0 unspecified atom stereocenters. The molecule has 0 spiro atoms. The highest BCUT2D eigenvalue weighted by Crippen LogP contribution is 2.27. The fraction of sp³-hybridized carbons (Fsp3) is 0.231. The maximum atomic E-state index is 9.68. The van der Waals surface area contributed by atoms with Crippen LogP contribution in [0.4, 0.5) is 0 Å². The van der Waals surface area contributed by atoms with Crippen LogP contribution in [-0.2, 0) is 6.42 Å². The lowest BCUT2D eigenvalue weighted by molar-refractivity contribution is 0.481. The summed E-state index contributed by atoms with van der Waals surface area (Å²) >= 11 is 0. The molecule has 0 radical (unpaired) electrons. The highest BCUT2D eigenvalue weighted by Gasteiger charge is 2.02. The van der Waals surface area contributed by atoms with Crippen molar-refractivity contribution in [3.63, 3.8) is 0 Å². The summed E-state index contributed by atoms with van der Waals surface area (Å²) in [5.41, 5.74) is 2.60. The lowest BCUT2D eigenvalue weighted by atomic mass is 10.00. The second kappa shape index (κ2) is 3.33. The van der Waals surface area contributed by atoms with Gasteiger partial charge in [0.25, 0.3) is 0 Å². The van der Waals surface area contributed by atoms with Crippen molar-refractivity contribution in [3.05, 3.63) is 41.5 Å². The van der Waals surface area contributed by atoms with Crippen LogP contribution in [0.15, 0.2) is 30.3 Å². The van der Waals surface area contributed by atoms with Crippen LogP contribution in [0.3, 0.4) is 0 Å². The predicted octanol–water partition coefficient (Wildman–Crippen LogP) is 3.42. The van der Waals surface area contributed by atoms with E-state index in [4.69, 9.17) is 0 Å². The summed E-state index contributed by atoms with van der Waals surface area (Å²) in [5.74, 6) is 0.372. The van der Waals surface area contributed by atoms with Crippen molar-refractivity contribution in [3.8, 4) is 5.75 Å². The molecular weight excluding hydrogens is 172 g/mol. The molecule has 72 valence electrons. The van der Waals surface area contributed by atoms with E-state index in [9.17, 15) is 5.11 Å². The van der Waals surface area contributed by atoms with E-state index in [1.807, 2.05) is 12.1 Å². The summed E-state index contributed by atoms with van der Waals surface area (Å²) in [4.78, 5) is 0. The van der Waals surface area contributed by atoms with Gasteiger partial charge in [0.2, 0.25) is 0 Å². The van der Waals surface area contributed by atoms with Gasteiger partial charge in [-0.25, -0.2) is 0 Å². The zero-order chi connectivity index (χ0) is 10.1. The van der Waals surface area contributed by atoms with Crippen molar-refractivity contribution < 1.29 is 5.11 Å². The Bertz CT molecular complexity index is 472. The molecule has 0 aromatic heterocycles. The van der Waals surface area contributed by atoms with E-state index < -0.39 is 0 Å². The van der Waals surface area contributed by atoms with Gasteiger partial charge in [-0.05, 0) is 42.0 Å². The fourth-order valence-corrected chi connectivity index (χ4v) is 1.85. The Morgan fingerprint density at radius 3 is 2.71 bits per heavy atom. The van der Waals surface area contributed by atoms with Gasteiger partial charge in [-0.15, -0.1) is 0 Å². The van der Waals surface area contributed by atoms with Gasteiger partial charge in [0.05, 0.1) is 0 Å². The first-order valence-corrected chi connectivity index (χ1v) is 4.93. The summed E-state index contributed by atoms with van der Waals surface area (Å²) < 4.78 is 0. The average Bonchev–Trinajstić information content (AvgIpc) is 2.17. The number of phenolic OH excluding ortho intramolecular Hbond substituents is 1. The smallest absolute Gasteiger partial charge is 0.123 e. The maximum Gasteiger partial charge on any atom is 0.123 e. The molecule has 0 aliphatic carbocycles. The predicted molar refractivity (Wildman–Crippen MR) is 59.7 cm³/mol. The summed E-state index contributed by atoms with van der Waals surface area (Å²) in [6, 6.07) is 9.86. The van der Waals surface area contributed by atoms with Crippen molar-refractivity contribution in [1.82, 2.24) is 0 Å². The molecule has 0 fully saturated rings. The van der Waals surface area contributed by atoms with Gasteiger partial charge in [0.15, 0.2) is 0 Å². The second-order valence-electron chi connectivity index (χ2n) is 3.63. The van der Waals surface area contributed by atoms with Crippen molar-refractivity contribution in [2.45, 2.75) is 20.3 Å². The van der Waals surface area contributed by atoms with Crippen molar-refractivity contribution >= 4 is 10.8 Å². The third kappa shape index (κ3) is 1.35. The van der Waals surface area contributed by atoms with Gasteiger partial charge >= 0.3 is 0 Å². The lowest BCUT2D eigenvalue weighted by Gasteiger charge is -2.07. The Balaban J connectivity index is 2.80. The number of hydrogen-bond donors (Lipinski definition) is 1. The Morgan fingerprint density at radius 2 is 2.00 bits per heavy atom. The minimum atomic E-state index is 0.372. The lowest BCUT2D eigenvalue weighted by Crippen LogP contribution is -1.86. The number of rotatable bonds is 1. The van der Waals surface area contributed by atoms with Gasteiger partial charge in [0, 0.05) is 5.39 Å². The highest BCUT2D eigenvalue weighted by atomic mass is 16.3. The van der Waals surface area contributed by atoms with Crippen LogP contribution in [0, 0.1) is 6.92 Å². The molecular formula is C13H14O. The number of benzene rings is 2. The normalized spacial score (nSPS) is 10.7. The van der Waals surface area contributed by atoms with Crippen LogP contribution in [0.2, 0.25) is 0 Å². The van der Waals surface area contributed by atoms with Crippen molar-refractivity contribution in [1.29, 1.82) is 0 Å². The largest absolute Gasteiger partial charge is 0.507 e. The Morgan fingerprint density at radius 1 is 1.21 bits per heavy atom. The van der Waals surface area contributed by atoms with E-state index in [2.05, 4.69) is 26.0 Å². The first-order chi connectivity index (χ1) is 6.72. The Labute approximate surface area is 84.0 Å². The van der Waals surface area contributed by atoms with Crippen molar-refractivity contribution in [2.24, 2.45) is 0 Å². The monoisotopic (exact) mass is 186 g/mol. The molecule has 14 heavy (non-hydrogen) atoms. The summed E-state index contributed by atoms with van der Waals surface area (Å²) in [7, 11) is 0. The van der Waals surface area contributed by atoms with E-state index >= 15 is 0 Å². The van der Waals surface area contributed by atoms with Crippen LogP contribution in [0.1, 0.15) is 18.1 Å². The Kier molecular flexibility index (Phi) is 2.16. The zero-order valence-corrected chi connectivity index (χ0v) is 8.54. The van der Waals surface area contributed by atoms with Gasteiger partial charge in [-0.3, -0.25) is 0 Å². The summed E-state index contributed by atoms with van der Waals surface area (Å²) in [6.45, 7) is 4.25. The first kappa shape index (κ1) is 9.07. The van der Waals surface area contributed by atoms with Crippen LogP contribution in [0.25, 0.3) is 10.8 Å². The fourth-order valence-electron chi connectivity index (χ4n) is 1.85. The number of phenols is 1. The SMILES string of the molecule is CCc1cc2c(O)cccc2cc1C. The van der Waals surface area contributed by atoms with Gasteiger partial charge in [0.1, 0.15) is 5.75 Å². The summed E-state index contributed by atoms with van der Waals surface area (Å²) in [5, 5.41) is 11.7. The van der Waals surface area contributed by atoms with E-state index in [-0.39, 0.29) is 0 Å². The standard InChI is InChI=1S/C13H14O/c1-3-10-8-12-11(7-9(10)2)5-4-6-13(12)14/h4-8,14H,3H2,1-2H3. The molecule has 0 atom stereocenters. The van der Waals surface area contributed by atoms with E-state index in [0.717, 1.165) is 17.2 Å². The summed E-state index contributed by atoms with van der Waals surface area (Å²) in [6.07, 6.45) is 1.01. The van der Waals surface area contributed by atoms with Crippen LogP contribution in [-0.4, -0.2) is 5.11 Å². The Hall–Kier alpha value is -1.50. The molecule has 0 aliphatic rings. The van der Waals surface area contributed by atoms with Gasteiger partial charge < -0.3 is 5.11 Å². The van der Waals surface area contributed by atoms with Gasteiger partial charge in [-0.2, -0.15) is 0 Å². The molecule has 0 bridgehead atoms. The van der Waals surface area contributed by atoms with E-state index in [1.165, 1.54) is 11.1 Å². The number of aromatic hydroxyl groups is 1. The molecule has 2 aromatic rings. The molecule has 2 rings (SSSR count). The minimum Gasteiger partial charge on any atom is -0.507 e. The minimum absolute atomic E-state index is 0.372. The molecule has 2 aromatic carbocycles. The zero-order valence-electron chi connectivity index (χ0n) is 8.54. The number of fused-ring (bicyclic) bond motifs is 1. The molecule has 0 aliphatic heterocycles. The van der Waals surface area contributed by atoms with Gasteiger partial charge in [-0.1, -0.05) is 25.1 Å². The maximum absolute atomic E-state index is 9.68. The molecule has 0 amide bonds. The number of hydrogen-bond acceptors (Lipinski definition) is 1. The molecule has 0 heterocycles. The molecule has 0 saturated carbocycles. The van der Waals surface area contributed by atoms with Crippen LogP contribution in [0.5, 0.6) is 5.75 Å². The quantitative estimate of drug-likeness (QED) is 0.723. The topological polar surface area (TPSA) is 20.2 Å². The number of aryl methyl sites for hydroxylation is 2. The van der Waals surface area contributed by atoms with Crippen LogP contribution >= 0.6 is 0 Å². The molecule has 0 saturated heterocycles. The third-order valence-corrected chi connectivity index (χ3v) is 2.69. The van der Waals surface area contributed by atoms with E-state index in [1.54, 1.807) is 6.07 Å². The van der Waals surface area contributed by atoms with Crippen LogP contribution < -0.4 is 0 Å². The third-order valence-electron chi connectivity index (χ3n) is 2.69. The second-order valence-corrected chi connectivity index (χ2v) is 3.63.